The summed E-state index contributed by atoms with van der Waals surface area (Å²) in [6, 6.07) is 0. The molecule has 0 spiro atoms. The number of ketones is 1. The summed E-state index contributed by atoms with van der Waals surface area (Å²) in [5, 5.41) is 0. The maximum atomic E-state index is 12.9. The summed E-state index contributed by atoms with van der Waals surface area (Å²) in [6.07, 6.45) is 11.9. The van der Waals surface area contributed by atoms with Crippen molar-refractivity contribution in [2.75, 3.05) is 7.11 Å². The minimum absolute atomic E-state index is 0.0812. The van der Waals surface area contributed by atoms with Crippen molar-refractivity contribution in [2.45, 2.75) is 131 Å². The average Bonchev–Trinajstić information content (AvgIpc) is 3.12. The van der Waals surface area contributed by atoms with Gasteiger partial charge in [0.25, 0.3) is 0 Å². The average molecular weight is 473 g/mol. The third-order valence-electron chi connectivity index (χ3n) is 13.4. The molecule has 4 aliphatic carbocycles. The van der Waals surface area contributed by atoms with Crippen molar-refractivity contribution in [1.82, 2.24) is 0 Å². The lowest BCUT2D eigenvalue weighted by Crippen LogP contribution is -2.64. The van der Waals surface area contributed by atoms with Crippen molar-refractivity contribution >= 4 is 5.78 Å². The number of ether oxygens (including phenoxy) is 2. The van der Waals surface area contributed by atoms with Gasteiger partial charge in [0.2, 0.25) is 0 Å². The molecular weight excluding hydrogens is 420 g/mol. The van der Waals surface area contributed by atoms with Crippen molar-refractivity contribution in [3.63, 3.8) is 0 Å². The molecule has 1 aliphatic heterocycles. The van der Waals surface area contributed by atoms with Gasteiger partial charge in [-0.25, -0.2) is 0 Å². The van der Waals surface area contributed by atoms with Crippen LogP contribution in [0.25, 0.3) is 0 Å². The normalized spacial score (nSPS) is 54.1. The zero-order valence-electron chi connectivity index (χ0n) is 23.7. The molecule has 0 radical (unpaired) electrons. The molecule has 194 valence electrons. The van der Waals surface area contributed by atoms with Crippen LogP contribution in [0.1, 0.15) is 120 Å². The lowest BCUT2D eigenvalue weighted by molar-refractivity contribution is -0.291. The molecule has 9 atom stereocenters. The van der Waals surface area contributed by atoms with E-state index in [4.69, 9.17) is 9.47 Å². The third kappa shape index (κ3) is 3.10. The summed E-state index contributed by atoms with van der Waals surface area (Å²) < 4.78 is 12.7. The van der Waals surface area contributed by atoms with Crippen molar-refractivity contribution in [1.29, 1.82) is 0 Å². The number of hydrogen-bond acceptors (Lipinski definition) is 3. The highest BCUT2D eigenvalue weighted by Gasteiger charge is 2.70. The fraction of sp³-hybridized carbons (Fsp3) is 0.968. The molecule has 0 amide bonds. The Morgan fingerprint density at radius 1 is 0.735 bits per heavy atom. The Labute approximate surface area is 209 Å². The van der Waals surface area contributed by atoms with E-state index in [-0.39, 0.29) is 22.7 Å². The molecule has 3 heteroatoms. The zero-order chi connectivity index (χ0) is 24.9. The van der Waals surface area contributed by atoms with E-state index in [1.54, 1.807) is 0 Å². The van der Waals surface area contributed by atoms with Crippen LogP contribution in [0.4, 0.5) is 0 Å². The number of fused-ring (bicyclic) bond motifs is 5. The summed E-state index contributed by atoms with van der Waals surface area (Å²) in [5.74, 6) is 3.14. The molecule has 0 aromatic heterocycles. The predicted molar refractivity (Wildman–Crippen MR) is 137 cm³/mol. The van der Waals surface area contributed by atoms with E-state index in [1.165, 1.54) is 44.9 Å². The largest absolute Gasteiger partial charge is 0.355 e. The van der Waals surface area contributed by atoms with Gasteiger partial charge in [0, 0.05) is 24.4 Å². The Hall–Kier alpha value is -0.410. The molecule has 3 nitrogen and oxygen atoms in total. The van der Waals surface area contributed by atoms with Gasteiger partial charge in [-0.3, -0.25) is 4.79 Å². The highest BCUT2D eigenvalue weighted by atomic mass is 16.7. The molecule has 0 aromatic rings. The molecule has 5 fully saturated rings. The second-order valence-corrected chi connectivity index (χ2v) is 15.4. The highest BCUT2D eigenvalue weighted by molar-refractivity contribution is 5.85. The summed E-state index contributed by atoms with van der Waals surface area (Å²) in [4.78, 5) is 12.9. The molecule has 0 bridgehead atoms. The van der Waals surface area contributed by atoms with E-state index in [1.807, 2.05) is 7.11 Å². The van der Waals surface area contributed by atoms with Crippen molar-refractivity contribution in [2.24, 2.45) is 50.7 Å². The first-order valence-corrected chi connectivity index (χ1v) is 14.4. The number of rotatable bonds is 2. The van der Waals surface area contributed by atoms with E-state index in [0.29, 0.717) is 33.9 Å². The fourth-order valence-corrected chi connectivity index (χ4v) is 11.1. The van der Waals surface area contributed by atoms with Gasteiger partial charge in [0.05, 0.1) is 5.60 Å². The van der Waals surface area contributed by atoms with E-state index in [9.17, 15) is 4.79 Å². The first-order valence-electron chi connectivity index (χ1n) is 14.4. The maximum Gasteiger partial charge on any atom is 0.162 e. The Morgan fingerprint density at radius 3 is 2.09 bits per heavy atom. The molecule has 5 aliphatic rings. The summed E-state index contributed by atoms with van der Waals surface area (Å²) in [6.45, 7) is 19.4. The number of methoxy groups -OCH3 is 1. The summed E-state index contributed by atoms with van der Waals surface area (Å²) >= 11 is 0. The monoisotopic (exact) mass is 472 g/mol. The van der Waals surface area contributed by atoms with Crippen LogP contribution in [0, 0.1) is 50.7 Å². The van der Waals surface area contributed by atoms with Gasteiger partial charge in [-0.15, -0.1) is 0 Å². The Morgan fingerprint density at radius 2 is 1.41 bits per heavy atom. The van der Waals surface area contributed by atoms with Crippen molar-refractivity contribution in [3.8, 4) is 0 Å². The number of carbonyl (C=O) groups is 1. The smallest absolute Gasteiger partial charge is 0.162 e. The highest BCUT2D eigenvalue weighted by Crippen LogP contribution is 2.75. The van der Waals surface area contributed by atoms with Gasteiger partial charge >= 0.3 is 0 Å². The molecule has 0 unspecified atom stereocenters. The Kier molecular flexibility index (Phi) is 5.61. The van der Waals surface area contributed by atoms with E-state index in [0.717, 1.165) is 31.1 Å². The van der Waals surface area contributed by atoms with E-state index in [2.05, 4.69) is 55.4 Å². The quantitative estimate of drug-likeness (QED) is 0.411. The molecule has 34 heavy (non-hydrogen) atoms. The van der Waals surface area contributed by atoms with Crippen LogP contribution >= 0.6 is 0 Å². The van der Waals surface area contributed by atoms with Gasteiger partial charge in [0.1, 0.15) is 5.78 Å². The standard InChI is InChI=1S/C31H52O3/c1-26(2)18-19-31(8,34-25(26)33-9)21-12-16-29(6)20(21)10-11-23-28(5)15-14-24(32)27(3,4)22(28)13-17-30(23,29)7/h20-23,25H,10-19H2,1-9H3/t20-,21+,22+,23-,25+,28+,29-,30-,31+/m1/s1. The van der Waals surface area contributed by atoms with Crippen LogP contribution in [-0.2, 0) is 14.3 Å². The Balaban J connectivity index is 1.45. The topological polar surface area (TPSA) is 35.5 Å². The second-order valence-electron chi connectivity index (χ2n) is 15.4. The third-order valence-corrected chi connectivity index (χ3v) is 13.4. The van der Waals surface area contributed by atoms with E-state index >= 15 is 0 Å². The molecule has 0 N–H and O–H groups in total. The first kappa shape index (κ1) is 25.2. The molecule has 1 saturated heterocycles. The van der Waals surface area contributed by atoms with Crippen LogP contribution in [0.5, 0.6) is 0 Å². The lowest BCUT2D eigenvalue weighted by atomic mass is 9.35. The van der Waals surface area contributed by atoms with Crippen LogP contribution in [0.2, 0.25) is 0 Å². The van der Waals surface area contributed by atoms with Gasteiger partial charge in [-0.2, -0.15) is 0 Å². The number of Topliss-reactive ketones (excluding diaryl/α,β-unsaturated/α-hetero) is 1. The number of hydrogen-bond donors (Lipinski definition) is 0. The molecule has 0 aromatic carbocycles. The molecule has 4 saturated carbocycles. The molecule has 5 rings (SSSR count). The van der Waals surface area contributed by atoms with Crippen molar-refractivity contribution in [3.05, 3.63) is 0 Å². The first-order chi connectivity index (χ1) is 15.7. The second kappa shape index (κ2) is 7.56. The lowest BCUT2D eigenvalue weighted by Gasteiger charge is -2.69. The van der Waals surface area contributed by atoms with Gasteiger partial charge in [-0.05, 0) is 105 Å². The van der Waals surface area contributed by atoms with Crippen molar-refractivity contribution < 1.29 is 14.3 Å². The minimum atomic E-state index is -0.157. The molecule has 1 heterocycles. The van der Waals surface area contributed by atoms with Gasteiger partial charge < -0.3 is 9.47 Å². The Bertz CT molecular complexity index is 846. The SMILES string of the molecule is CO[C@H]1O[C@](C)([C@H]2CC[C@]3(C)[C@@H]2CC[C@@H]2[C@@]4(C)CCC(=O)C(C)(C)[C@@H]4CC[C@]23C)CCC1(C)C. The summed E-state index contributed by atoms with van der Waals surface area (Å²) in [5.41, 5.74) is 0.863. The molecular formula is C31H52O3. The maximum absolute atomic E-state index is 12.9. The van der Waals surface area contributed by atoms with Gasteiger partial charge in [-0.1, -0.05) is 48.5 Å². The van der Waals surface area contributed by atoms with Gasteiger partial charge in [0.15, 0.2) is 6.29 Å². The fourth-order valence-electron chi connectivity index (χ4n) is 11.1. The van der Waals surface area contributed by atoms with E-state index < -0.39 is 0 Å². The minimum Gasteiger partial charge on any atom is -0.355 e. The van der Waals surface area contributed by atoms with Crippen LogP contribution in [0.15, 0.2) is 0 Å². The predicted octanol–water partition coefficient (Wildman–Crippen LogP) is 7.81. The zero-order valence-corrected chi connectivity index (χ0v) is 23.7. The van der Waals surface area contributed by atoms with Crippen LogP contribution in [0.3, 0.4) is 0 Å². The summed E-state index contributed by atoms with van der Waals surface area (Å²) in [7, 11) is 1.82. The van der Waals surface area contributed by atoms with Crippen LogP contribution < -0.4 is 0 Å². The number of carbonyl (C=O) groups excluding carboxylic acids is 1. The van der Waals surface area contributed by atoms with Crippen LogP contribution in [-0.4, -0.2) is 24.8 Å².